The van der Waals surface area contributed by atoms with Gasteiger partial charge in [0.25, 0.3) is 0 Å². The molecule has 108 valence electrons. The lowest BCUT2D eigenvalue weighted by Crippen LogP contribution is -2.42. The number of nitrogen functional groups attached to an aromatic ring is 1. The van der Waals surface area contributed by atoms with Crippen molar-refractivity contribution in [2.45, 2.75) is 24.1 Å². The van der Waals surface area contributed by atoms with Crippen LogP contribution in [0, 0.1) is 22.9 Å². The molecule has 1 aliphatic rings. The van der Waals surface area contributed by atoms with Crippen LogP contribution in [-0.2, 0) is 4.74 Å². The Hall–Kier alpha value is -1.60. The van der Waals surface area contributed by atoms with Gasteiger partial charge in [-0.1, -0.05) is 5.92 Å². The molecule has 9 heteroatoms. The number of alkyl halides is 1. The molecule has 20 heavy (non-hydrogen) atoms. The minimum Gasteiger partial charge on any atom is -0.394 e. The normalized spacial score (nSPS) is 33.0. The molecule has 0 aromatic carbocycles. The van der Waals surface area contributed by atoms with E-state index in [9.17, 15) is 13.9 Å². The van der Waals surface area contributed by atoms with Crippen molar-refractivity contribution < 1.29 is 23.7 Å². The van der Waals surface area contributed by atoms with Crippen LogP contribution >= 0.6 is 12.2 Å². The summed E-state index contributed by atoms with van der Waals surface area (Å²) in [6, 6.07) is 0. The molecule has 6 nitrogen and oxygen atoms in total. The molecule has 1 aromatic rings. The van der Waals surface area contributed by atoms with Gasteiger partial charge < -0.3 is 20.7 Å². The van der Waals surface area contributed by atoms with Crippen LogP contribution in [-0.4, -0.2) is 44.2 Å². The number of anilines is 1. The van der Waals surface area contributed by atoms with Crippen molar-refractivity contribution in [2.75, 3.05) is 12.3 Å². The molecule has 0 amide bonds. The highest BCUT2D eigenvalue weighted by molar-refractivity contribution is 7.71. The van der Waals surface area contributed by atoms with Gasteiger partial charge in [0.05, 0.1) is 6.61 Å². The summed E-state index contributed by atoms with van der Waals surface area (Å²) in [6.07, 6.45) is 1.21. The van der Waals surface area contributed by atoms with Crippen molar-refractivity contribution in [1.82, 2.24) is 9.55 Å². The fraction of sp³-hybridized carbons (Fsp3) is 0.455. The van der Waals surface area contributed by atoms with Crippen LogP contribution in [0.1, 0.15) is 6.23 Å². The zero-order valence-corrected chi connectivity index (χ0v) is 10.8. The van der Waals surface area contributed by atoms with Crippen molar-refractivity contribution in [3.8, 4) is 12.3 Å². The van der Waals surface area contributed by atoms with Crippen molar-refractivity contribution >= 4 is 18.0 Å². The van der Waals surface area contributed by atoms with E-state index in [1.807, 2.05) is 0 Å². The van der Waals surface area contributed by atoms with Crippen LogP contribution in [0.5, 0.6) is 0 Å². The van der Waals surface area contributed by atoms with Crippen molar-refractivity contribution in [1.29, 1.82) is 0 Å². The van der Waals surface area contributed by atoms with Crippen LogP contribution in [0.25, 0.3) is 0 Å². The molecule has 0 bridgehead atoms. The standard InChI is InChI=1S/C11H11F2N3O3S/c1-2-11(13)7(18)6(4-17)19-9(11)16-3-5(12)8(14)15-10(16)20/h1,3,6-7,9,17-18H,4H2,(H2,14,15,20)/t6-,7+,9-,11?/m1/s1. The maximum Gasteiger partial charge on any atom is 0.243 e. The van der Waals surface area contributed by atoms with E-state index in [0.29, 0.717) is 0 Å². The monoisotopic (exact) mass is 303 g/mol. The molecule has 1 fully saturated rings. The molecule has 1 saturated heterocycles. The van der Waals surface area contributed by atoms with Gasteiger partial charge in [0.2, 0.25) is 10.4 Å². The molecule has 4 N–H and O–H groups in total. The van der Waals surface area contributed by atoms with Gasteiger partial charge in [-0.05, 0) is 12.2 Å². The maximum absolute atomic E-state index is 14.7. The smallest absolute Gasteiger partial charge is 0.243 e. The Morgan fingerprint density at radius 1 is 1.70 bits per heavy atom. The molecular formula is C11H11F2N3O3S. The van der Waals surface area contributed by atoms with Crippen LogP contribution in [0.3, 0.4) is 0 Å². The van der Waals surface area contributed by atoms with E-state index in [1.165, 1.54) is 0 Å². The SMILES string of the molecule is C#CC1(F)[C@@H](O)[C@@H](CO)O[C@H]1n1cc(F)c(N)nc1=S. The van der Waals surface area contributed by atoms with E-state index in [1.54, 1.807) is 5.92 Å². The Bertz CT molecular complexity index is 632. The molecule has 0 spiro atoms. The fourth-order valence-electron chi connectivity index (χ4n) is 1.95. The average Bonchev–Trinajstić information content (AvgIpc) is 2.67. The Morgan fingerprint density at radius 2 is 2.35 bits per heavy atom. The van der Waals surface area contributed by atoms with Gasteiger partial charge in [0, 0.05) is 6.20 Å². The molecule has 4 atom stereocenters. The first-order valence-corrected chi connectivity index (χ1v) is 5.91. The van der Waals surface area contributed by atoms with Gasteiger partial charge in [-0.2, -0.15) is 4.98 Å². The highest BCUT2D eigenvalue weighted by Gasteiger charge is 2.57. The summed E-state index contributed by atoms with van der Waals surface area (Å²) in [5, 5.41) is 18.8. The third-order valence-electron chi connectivity index (χ3n) is 3.03. The number of aliphatic hydroxyl groups excluding tert-OH is 2. The topological polar surface area (TPSA) is 93.5 Å². The second kappa shape index (κ2) is 5.06. The molecule has 1 unspecified atom stereocenters. The van der Waals surface area contributed by atoms with Gasteiger partial charge >= 0.3 is 0 Å². The molecule has 0 aliphatic carbocycles. The van der Waals surface area contributed by atoms with E-state index in [-0.39, 0.29) is 4.77 Å². The zero-order chi connectivity index (χ0) is 15.1. The van der Waals surface area contributed by atoms with E-state index < -0.39 is 42.3 Å². The number of hydrogen-bond donors (Lipinski definition) is 3. The summed E-state index contributed by atoms with van der Waals surface area (Å²) in [4.78, 5) is 3.51. The maximum atomic E-state index is 14.7. The predicted molar refractivity (Wildman–Crippen MR) is 67.1 cm³/mol. The second-order valence-electron chi connectivity index (χ2n) is 4.23. The highest BCUT2D eigenvalue weighted by atomic mass is 32.1. The largest absolute Gasteiger partial charge is 0.394 e. The van der Waals surface area contributed by atoms with Crippen LogP contribution < -0.4 is 5.73 Å². The zero-order valence-electron chi connectivity index (χ0n) is 10.0. The van der Waals surface area contributed by atoms with E-state index in [4.69, 9.17) is 34.2 Å². The number of hydrogen-bond acceptors (Lipinski definition) is 6. The Balaban J connectivity index is 2.55. The summed E-state index contributed by atoms with van der Waals surface area (Å²) < 4.78 is 33.8. The van der Waals surface area contributed by atoms with Crippen molar-refractivity contribution in [3.05, 3.63) is 16.8 Å². The lowest BCUT2D eigenvalue weighted by Gasteiger charge is -2.24. The van der Waals surface area contributed by atoms with Crippen molar-refractivity contribution in [3.63, 3.8) is 0 Å². The molecule has 0 radical (unpaired) electrons. The first kappa shape index (κ1) is 14.8. The van der Waals surface area contributed by atoms with Gasteiger partial charge in [0.15, 0.2) is 17.9 Å². The number of aliphatic hydroxyl groups is 2. The lowest BCUT2D eigenvalue weighted by molar-refractivity contribution is -0.0537. The molecule has 2 rings (SSSR count). The van der Waals surface area contributed by atoms with Gasteiger partial charge in [0.1, 0.15) is 12.2 Å². The van der Waals surface area contributed by atoms with E-state index in [0.717, 1.165) is 10.8 Å². The molecule has 1 aromatic heterocycles. The minimum absolute atomic E-state index is 0.267. The Kier molecular flexibility index (Phi) is 3.75. The molecule has 1 aliphatic heterocycles. The highest BCUT2D eigenvalue weighted by Crippen LogP contribution is 2.41. The third kappa shape index (κ3) is 2.06. The molecule has 0 saturated carbocycles. The Morgan fingerprint density at radius 3 is 2.90 bits per heavy atom. The molecular weight excluding hydrogens is 292 g/mol. The number of terminal acetylenes is 1. The van der Waals surface area contributed by atoms with E-state index in [2.05, 4.69) is 4.98 Å². The number of halogens is 2. The third-order valence-corrected chi connectivity index (χ3v) is 3.34. The van der Waals surface area contributed by atoms with Gasteiger partial charge in [-0.25, -0.2) is 8.78 Å². The second-order valence-corrected chi connectivity index (χ2v) is 4.60. The quantitative estimate of drug-likeness (QED) is 0.523. The first-order chi connectivity index (χ1) is 9.35. The summed E-state index contributed by atoms with van der Waals surface area (Å²) >= 11 is 4.85. The summed E-state index contributed by atoms with van der Waals surface area (Å²) in [6.45, 7) is -0.663. The van der Waals surface area contributed by atoms with Gasteiger partial charge in [-0.15, -0.1) is 6.42 Å². The first-order valence-electron chi connectivity index (χ1n) is 5.50. The van der Waals surface area contributed by atoms with Crippen LogP contribution in [0.2, 0.25) is 0 Å². The van der Waals surface area contributed by atoms with Gasteiger partial charge in [-0.3, -0.25) is 4.57 Å². The number of nitrogens with two attached hydrogens (primary N) is 1. The minimum atomic E-state index is -2.68. The van der Waals surface area contributed by atoms with Crippen LogP contribution in [0.15, 0.2) is 6.20 Å². The summed E-state index contributed by atoms with van der Waals surface area (Å²) in [5.74, 6) is 0.371. The number of aromatic nitrogens is 2. The number of ether oxygens (including phenoxy) is 1. The van der Waals surface area contributed by atoms with Crippen molar-refractivity contribution in [2.24, 2.45) is 0 Å². The number of nitrogens with zero attached hydrogens (tertiary/aromatic N) is 2. The molecule has 2 heterocycles. The fourth-order valence-corrected chi connectivity index (χ4v) is 2.20. The lowest BCUT2D eigenvalue weighted by atomic mass is 9.97. The van der Waals surface area contributed by atoms with Crippen LogP contribution in [0.4, 0.5) is 14.6 Å². The predicted octanol–water partition coefficient (Wildman–Crippen LogP) is -0.0740. The number of rotatable bonds is 2. The Labute approximate surface area is 117 Å². The summed E-state index contributed by atoms with van der Waals surface area (Å²) in [5.41, 5.74) is 2.55. The average molecular weight is 303 g/mol. The van der Waals surface area contributed by atoms with E-state index >= 15 is 0 Å². The summed E-state index contributed by atoms with van der Waals surface area (Å²) in [7, 11) is 0.